The van der Waals surface area contributed by atoms with Gasteiger partial charge < -0.3 is 44.2 Å². The highest BCUT2D eigenvalue weighted by Gasteiger charge is 2.50. The summed E-state index contributed by atoms with van der Waals surface area (Å²) >= 11 is 0. The van der Waals surface area contributed by atoms with Gasteiger partial charge in [-0.2, -0.15) is 0 Å². The number of nitrogens with one attached hydrogen (secondary N) is 2. The number of methoxy groups -OCH3 is 2. The van der Waals surface area contributed by atoms with Crippen LogP contribution in [0.3, 0.4) is 0 Å². The molecule has 2 aromatic rings. The maximum absolute atomic E-state index is 14.6. The number of carbonyl (C=O) groups excluding carboxylic acids is 3. The lowest BCUT2D eigenvalue weighted by Crippen LogP contribution is -2.47. The van der Waals surface area contributed by atoms with Crippen LogP contribution in [0.2, 0.25) is 0 Å². The predicted octanol–water partition coefficient (Wildman–Crippen LogP) is 6.34. The molecule has 58 heavy (non-hydrogen) atoms. The van der Waals surface area contributed by atoms with E-state index < -0.39 is 82.7 Å². The van der Waals surface area contributed by atoms with Gasteiger partial charge >= 0.3 is 11.8 Å². The fourth-order valence-electron chi connectivity index (χ4n) is 8.29. The van der Waals surface area contributed by atoms with E-state index in [9.17, 15) is 29.4 Å². The minimum atomic E-state index is -1.97. The van der Waals surface area contributed by atoms with Crippen molar-refractivity contribution in [2.24, 2.45) is 23.7 Å². The van der Waals surface area contributed by atoms with Crippen LogP contribution in [0.1, 0.15) is 64.4 Å². The lowest BCUT2D eigenvalue weighted by Gasteiger charge is -2.39. The molecule has 0 spiro atoms. The van der Waals surface area contributed by atoms with Crippen LogP contribution >= 0.6 is 0 Å². The summed E-state index contributed by atoms with van der Waals surface area (Å²) in [7, 11) is 3.03. The summed E-state index contributed by atoms with van der Waals surface area (Å²) in [4.78, 5) is 63.4. The monoisotopic (exact) mass is 797 g/mol. The number of fused-ring (bicyclic) bond motifs is 14. The van der Waals surface area contributed by atoms with Gasteiger partial charge in [0, 0.05) is 68.3 Å². The van der Waals surface area contributed by atoms with Crippen molar-refractivity contribution in [2.45, 2.75) is 85.6 Å². The SMILES string of the molecule is CO[C@H]1[C@@H](C)[C@H](OC(C)=O)[C@H](C)[C@@H](OC)/C=C/O[C@@]2(C)Oc3c(C)c(O)c4c(=O)c(c5[nH]c6ccccc6nc-5c4c3C2=O)NC(=O)/C(C)=C\C=C\[C@H](C)[C@H](O)[C@H]1C. The van der Waals surface area contributed by atoms with Crippen molar-refractivity contribution in [1.82, 2.24) is 9.97 Å². The van der Waals surface area contributed by atoms with Gasteiger partial charge in [-0.1, -0.05) is 58.1 Å². The average Bonchev–Trinajstić information content (AvgIpc) is 3.46. The molecule has 0 saturated carbocycles. The highest BCUT2D eigenvalue weighted by atomic mass is 16.7. The Hall–Kier alpha value is -5.57. The molecule has 1 aliphatic carbocycles. The van der Waals surface area contributed by atoms with Crippen molar-refractivity contribution in [3.63, 3.8) is 0 Å². The molecule has 308 valence electrons. The number of phenols is 1. The zero-order valence-electron chi connectivity index (χ0n) is 34.3. The van der Waals surface area contributed by atoms with Gasteiger partial charge in [-0.05, 0) is 32.1 Å². The van der Waals surface area contributed by atoms with Crippen molar-refractivity contribution >= 4 is 45.2 Å². The second kappa shape index (κ2) is 16.4. The van der Waals surface area contributed by atoms with E-state index in [-0.39, 0.29) is 50.3 Å². The number of hydrogen-bond donors (Lipinski definition) is 4. The second-order valence-corrected chi connectivity index (χ2v) is 15.5. The van der Waals surface area contributed by atoms with Crippen LogP contribution in [0.4, 0.5) is 5.69 Å². The number of anilines is 1. The van der Waals surface area contributed by atoms with E-state index in [0.717, 1.165) is 0 Å². The number of aliphatic hydroxyl groups excluding tert-OH is 1. The lowest BCUT2D eigenvalue weighted by atomic mass is 9.78. The minimum Gasteiger partial charge on any atom is -0.507 e. The molecule has 0 aromatic heterocycles. The van der Waals surface area contributed by atoms with Gasteiger partial charge in [-0.15, -0.1) is 0 Å². The Morgan fingerprint density at radius 2 is 1.66 bits per heavy atom. The number of Topliss-reactive ketones (excluding diaryl/α,β-unsaturated/α-hetero) is 1. The number of aromatic hydroxyl groups is 1. The van der Waals surface area contributed by atoms with E-state index in [2.05, 4.69) is 10.3 Å². The number of benzene rings is 3. The van der Waals surface area contributed by atoms with Crippen LogP contribution in [-0.2, 0) is 28.5 Å². The van der Waals surface area contributed by atoms with E-state index >= 15 is 0 Å². The van der Waals surface area contributed by atoms with Crippen LogP contribution in [0, 0.1) is 30.6 Å². The summed E-state index contributed by atoms with van der Waals surface area (Å²) in [6.45, 7) is 13.2. The number of ether oxygens (including phenoxy) is 5. The molecular formula is C44H51N3O11. The molecule has 0 fully saturated rings. The first kappa shape index (κ1) is 42.0. The molecule has 9 atom stereocenters. The summed E-state index contributed by atoms with van der Waals surface area (Å²) < 4.78 is 30.0. The molecule has 4 heterocycles. The van der Waals surface area contributed by atoms with E-state index in [1.165, 1.54) is 41.3 Å². The normalized spacial score (nSPS) is 30.4. The van der Waals surface area contributed by atoms with E-state index in [4.69, 9.17) is 28.7 Å². The Morgan fingerprint density at radius 3 is 2.33 bits per heavy atom. The fraction of sp³-hybridized carbons (Fsp3) is 0.432. The number of hydrogen-bond acceptors (Lipinski definition) is 12. The first-order valence-electron chi connectivity index (χ1n) is 19.2. The number of para-hydroxylation sites is 2. The van der Waals surface area contributed by atoms with Gasteiger partial charge in [0.25, 0.3) is 11.7 Å². The number of amides is 1. The number of aromatic amines is 1. The number of ketones is 1. The van der Waals surface area contributed by atoms with Crippen LogP contribution in [0.5, 0.6) is 11.5 Å². The molecule has 4 aliphatic heterocycles. The van der Waals surface area contributed by atoms with Gasteiger partial charge in [0.2, 0.25) is 5.43 Å². The van der Waals surface area contributed by atoms with Crippen LogP contribution in [0.25, 0.3) is 33.2 Å². The maximum atomic E-state index is 14.6. The van der Waals surface area contributed by atoms with Crippen molar-refractivity contribution in [2.75, 3.05) is 19.5 Å². The van der Waals surface area contributed by atoms with Gasteiger partial charge in [0.05, 0.1) is 57.9 Å². The molecule has 0 unspecified atom stereocenters. The number of aromatic nitrogens is 2. The molecule has 2 aromatic carbocycles. The Kier molecular flexibility index (Phi) is 11.9. The first-order valence-corrected chi connectivity index (χ1v) is 19.2. The fourth-order valence-corrected chi connectivity index (χ4v) is 8.29. The number of aliphatic hydroxyl groups is 1. The smallest absolute Gasteiger partial charge is 0.312 e. The Balaban J connectivity index is 1.57. The highest BCUT2D eigenvalue weighted by Crippen LogP contribution is 2.50. The van der Waals surface area contributed by atoms with Crippen LogP contribution < -0.4 is 15.5 Å². The molecule has 0 radical (unpaired) electrons. The van der Waals surface area contributed by atoms with Crippen molar-refractivity contribution < 1.29 is 48.3 Å². The number of nitrogens with zero attached hydrogens (tertiary/aromatic N) is 1. The highest BCUT2D eigenvalue weighted by molar-refractivity contribution is 6.22. The van der Waals surface area contributed by atoms with E-state index in [0.29, 0.717) is 11.0 Å². The van der Waals surface area contributed by atoms with Gasteiger partial charge in [-0.25, -0.2) is 4.98 Å². The number of H-pyrrole nitrogens is 1. The summed E-state index contributed by atoms with van der Waals surface area (Å²) in [6.07, 6.45) is 4.86. The number of allylic oxidation sites excluding steroid dienone is 2. The molecule has 14 nitrogen and oxygen atoms in total. The lowest BCUT2D eigenvalue weighted by molar-refractivity contribution is -0.162. The zero-order chi connectivity index (χ0) is 42.4. The Labute approximate surface area is 336 Å². The number of phenolic OH excluding ortho intramolecular Hbond substituents is 1. The topological polar surface area (TPSA) is 196 Å². The molecule has 0 saturated heterocycles. The van der Waals surface area contributed by atoms with E-state index in [1.807, 2.05) is 27.7 Å². The largest absolute Gasteiger partial charge is 0.507 e. The van der Waals surface area contributed by atoms with Crippen molar-refractivity contribution in [3.05, 3.63) is 81.8 Å². The molecule has 4 N–H and O–H groups in total. The summed E-state index contributed by atoms with van der Waals surface area (Å²) in [5.74, 6) is -5.97. The predicted molar refractivity (Wildman–Crippen MR) is 218 cm³/mol. The number of carbonyl (C=O) groups is 3. The first-order chi connectivity index (χ1) is 27.4. The third-order valence-electron chi connectivity index (χ3n) is 11.6. The second-order valence-electron chi connectivity index (χ2n) is 15.5. The minimum absolute atomic E-state index is 0.00554. The Bertz CT molecular complexity index is 2400. The van der Waals surface area contributed by atoms with Crippen molar-refractivity contribution in [1.29, 1.82) is 0 Å². The summed E-state index contributed by atoms with van der Waals surface area (Å²) in [5.41, 5.74) is 0.689. The molecule has 5 bridgehead atoms. The van der Waals surface area contributed by atoms with Crippen LogP contribution in [-0.4, -0.2) is 82.3 Å². The van der Waals surface area contributed by atoms with Gasteiger partial charge in [0.15, 0.2) is 0 Å². The van der Waals surface area contributed by atoms with E-state index in [1.54, 1.807) is 55.5 Å². The van der Waals surface area contributed by atoms with Crippen LogP contribution in [0.15, 0.2) is 65.2 Å². The molecule has 7 rings (SSSR count). The quantitative estimate of drug-likeness (QED) is 0.102. The summed E-state index contributed by atoms with van der Waals surface area (Å²) in [6, 6.07) is 7.07. The van der Waals surface area contributed by atoms with Crippen molar-refractivity contribution in [3.8, 4) is 22.9 Å². The Morgan fingerprint density at radius 1 is 0.948 bits per heavy atom. The zero-order valence-corrected chi connectivity index (χ0v) is 34.3. The molecule has 1 amide bonds. The third kappa shape index (κ3) is 7.36. The van der Waals surface area contributed by atoms with Gasteiger partial charge in [-0.3, -0.25) is 19.2 Å². The summed E-state index contributed by atoms with van der Waals surface area (Å²) in [5, 5.41) is 25.7. The molecular weight excluding hydrogens is 746 g/mol. The molecule has 14 heteroatoms. The third-order valence-corrected chi connectivity index (χ3v) is 11.6. The molecule has 5 aliphatic rings. The standard InChI is InChI=1S/C44H51N3O11/c1-20-14-13-15-21(2)43(53)47-35-34-33(45-27-16-11-12-17-28(27)46-34)30-31(38(35)51)37(50)24(5)41-32(30)42(52)44(8,58-41)56-19-18-29(54-9)22(3)40(57-26(7)48)25(6)39(55-10)23(4)36(20)49/h11-20,22-23,25,29,36,39-40,46,49-50H,1-10H3,(H,47,53)/b14-13+,19-18+,21-15-/t20-,22+,23+,25+,29-,36-,39+,40+,44-/m0/s1. The maximum Gasteiger partial charge on any atom is 0.312 e. The number of rotatable bonds is 3. The van der Waals surface area contributed by atoms with Gasteiger partial charge in [0.1, 0.15) is 23.3 Å². The average molecular weight is 798 g/mol. The number of esters is 1.